The molecule has 0 saturated carbocycles. The first-order valence-corrected chi connectivity index (χ1v) is 11.0. The average Bonchev–Trinajstić information content (AvgIpc) is 2.72. The largest absolute Gasteiger partial charge is 0.486 e. The predicted molar refractivity (Wildman–Crippen MR) is 118 cm³/mol. The number of rotatable bonds is 5. The van der Waals surface area contributed by atoms with Crippen molar-refractivity contribution in [3.63, 3.8) is 0 Å². The standard InChI is InChI=1S/C25H30F3NO4/c1-24(2,3)33-23(31)29-14-13-20(30)15-19(29)16-22(17-7-5-4-6-8-17)32-21-11-9-18(10-12-21)25(26,27)28/h4-12,19-20,22,30H,13-16H2,1-3H3/t19-,20-,22+/m0/s1. The third kappa shape index (κ3) is 7.12. The lowest BCUT2D eigenvalue weighted by Crippen LogP contribution is -2.50. The van der Waals surface area contributed by atoms with Gasteiger partial charge in [-0.2, -0.15) is 13.2 Å². The van der Waals surface area contributed by atoms with Crippen LogP contribution in [0.4, 0.5) is 18.0 Å². The summed E-state index contributed by atoms with van der Waals surface area (Å²) in [7, 11) is 0. The molecule has 0 aliphatic carbocycles. The van der Waals surface area contributed by atoms with Crippen LogP contribution in [-0.2, 0) is 10.9 Å². The number of amides is 1. The van der Waals surface area contributed by atoms with Gasteiger partial charge in [0.05, 0.1) is 11.7 Å². The molecule has 1 N–H and O–H groups in total. The van der Waals surface area contributed by atoms with Gasteiger partial charge in [-0.1, -0.05) is 30.3 Å². The van der Waals surface area contributed by atoms with Gasteiger partial charge in [0.1, 0.15) is 17.5 Å². The van der Waals surface area contributed by atoms with Gasteiger partial charge in [-0.15, -0.1) is 0 Å². The lowest BCUT2D eigenvalue weighted by atomic mass is 9.92. The third-order valence-electron chi connectivity index (χ3n) is 5.43. The molecule has 33 heavy (non-hydrogen) atoms. The van der Waals surface area contributed by atoms with Crippen molar-refractivity contribution in [2.45, 2.75) is 70.1 Å². The number of carbonyl (C=O) groups excluding carboxylic acids is 1. The van der Waals surface area contributed by atoms with Crippen molar-refractivity contribution in [1.82, 2.24) is 4.90 Å². The molecule has 1 amide bonds. The first-order valence-electron chi connectivity index (χ1n) is 11.0. The molecular formula is C25H30F3NO4. The number of ether oxygens (including phenoxy) is 2. The molecule has 0 unspecified atom stereocenters. The van der Waals surface area contributed by atoms with Crippen LogP contribution in [0.25, 0.3) is 0 Å². The van der Waals surface area contributed by atoms with E-state index < -0.39 is 35.6 Å². The molecule has 180 valence electrons. The number of carbonyl (C=O) groups is 1. The van der Waals surface area contributed by atoms with Crippen LogP contribution in [0, 0.1) is 0 Å². The molecule has 0 spiro atoms. The minimum atomic E-state index is -4.43. The van der Waals surface area contributed by atoms with Gasteiger partial charge in [0.25, 0.3) is 0 Å². The number of piperidine rings is 1. The van der Waals surface area contributed by atoms with Crippen LogP contribution in [0.15, 0.2) is 54.6 Å². The molecule has 2 aromatic carbocycles. The Hall–Kier alpha value is -2.74. The molecule has 0 radical (unpaired) electrons. The van der Waals surface area contributed by atoms with E-state index in [0.29, 0.717) is 25.8 Å². The molecule has 3 atom stereocenters. The van der Waals surface area contributed by atoms with Crippen LogP contribution in [0.3, 0.4) is 0 Å². The van der Waals surface area contributed by atoms with Crippen molar-refractivity contribution in [3.8, 4) is 5.75 Å². The lowest BCUT2D eigenvalue weighted by molar-refractivity contribution is -0.137. The van der Waals surface area contributed by atoms with Crippen molar-refractivity contribution in [3.05, 3.63) is 65.7 Å². The maximum absolute atomic E-state index is 12.9. The number of hydrogen-bond donors (Lipinski definition) is 1. The van der Waals surface area contributed by atoms with Gasteiger partial charge in [-0.25, -0.2) is 4.79 Å². The first-order chi connectivity index (χ1) is 15.4. The topological polar surface area (TPSA) is 59.0 Å². The highest BCUT2D eigenvalue weighted by atomic mass is 19.4. The molecular weight excluding hydrogens is 435 g/mol. The molecule has 1 aliphatic heterocycles. The summed E-state index contributed by atoms with van der Waals surface area (Å²) in [4.78, 5) is 14.4. The van der Waals surface area contributed by atoms with Crippen LogP contribution < -0.4 is 4.74 Å². The summed E-state index contributed by atoms with van der Waals surface area (Å²) in [6, 6.07) is 13.5. The fourth-order valence-corrected chi connectivity index (χ4v) is 3.87. The number of aliphatic hydroxyl groups is 1. The highest BCUT2D eigenvalue weighted by Gasteiger charge is 2.36. The maximum Gasteiger partial charge on any atom is 0.416 e. The Morgan fingerprint density at radius 2 is 1.73 bits per heavy atom. The third-order valence-corrected chi connectivity index (χ3v) is 5.43. The van der Waals surface area contributed by atoms with Gasteiger partial charge in [-0.3, -0.25) is 0 Å². The number of aliphatic hydroxyl groups excluding tert-OH is 1. The normalized spacial score (nSPS) is 20.3. The van der Waals surface area contributed by atoms with Gasteiger partial charge < -0.3 is 19.5 Å². The fraction of sp³-hybridized carbons (Fsp3) is 0.480. The van der Waals surface area contributed by atoms with Gasteiger partial charge in [0.15, 0.2) is 0 Å². The van der Waals surface area contributed by atoms with E-state index in [0.717, 1.165) is 17.7 Å². The highest BCUT2D eigenvalue weighted by molar-refractivity contribution is 5.68. The summed E-state index contributed by atoms with van der Waals surface area (Å²) in [5, 5.41) is 10.3. The van der Waals surface area contributed by atoms with Gasteiger partial charge in [-0.05, 0) is 63.4 Å². The van der Waals surface area contributed by atoms with Gasteiger partial charge in [0.2, 0.25) is 0 Å². The number of hydrogen-bond acceptors (Lipinski definition) is 4. The van der Waals surface area contributed by atoms with Crippen LogP contribution in [0.2, 0.25) is 0 Å². The second-order valence-corrected chi connectivity index (χ2v) is 9.28. The van der Waals surface area contributed by atoms with Crippen LogP contribution in [-0.4, -0.2) is 40.4 Å². The summed E-state index contributed by atoms with van der Waals surface area (Å²) < 4.78 is 50.4. The van der Waals surface area contributed by atoms with E-state index in [-0.39, 0.29) is 11.8 Å². The zero-order valence-electron chi connectivity index (χ0n) is 19.0. The van der Waals surface area contributed by atoms with Gasteiger partial charge in [0, 0.05) is 19.0 Å². The number of nitrogens with zero attached hydrogens (tertiary/aromatic N) is 1. The second-order valence-electron chi connectivity index (χ2n) is 9.28. The molecule has 1 fully saturated rings. The Balaban J connectivity index is 1.83. The quantitative estimate of drug-likeness (QED) is 0.591. The number of alkyl halides is 3. The van der Waals surface area contributed by atoms with Crippen LogP contribution >= 0.6 is 0 Å². The maximum atomic E-state index is 12.9. The Labute approximate surface area is 192 Å². The molecule has 2 aromatic rings. The second kappa shape index (κ2) is 10.0. The van der Waals surface area contributed by atoms with Crippen molar-refractivity contribution in [1.29, 1.82) is 0 Å². The monoisotopic (exact) mass is 465 g/mol. The van der Waals surface area contributed by atoms with Crippen LogP contribution in [0.5, 0.6) is 5.75 Å². The molecule has 5 nitrogen and oxygen atoms in total. The summed E-state index contributed by atoms with van der Waals surface area (Å²) in [5.41, 5.74) is -0.591. The summed E-state index contributed by atoms with van der Waals surface area (Å²) in [6.45, 7) is 5.72. The number of likely N-dealkylation sites (tertiary alicyclic amines) is 1. The Morgan fingerprint density at radius 3 is 2.30 bits per heavy atom. The van der Waals surface area contributed by atoms with E-state index in [1.807, 2.05) is 30.3 Å². The Bertz CT molecular complexity index is 910. The zero-order valence-corrected chi connectivity index (χ0v) is 19.0. The minimum absolute atomic E-state index is 0.289. The molecule has 3 rings (SSSR count). The Morgan fingerprint density at radius 1 is 1.09 bits per heavy atom. The predicted octanol–water partition coefficient (Wildman–Crippen LogP) is 5.98. The zero-order chi connectivity index (χ0) is 24.2. The summed E-state index contributed by atoms with van der Waals surface area (Å²) in [5.74, 6) is 0.289. The number of halogens is 3. The molecule has 8 heteroatoms. The van der Waals surface area contributed by atoms with E-state index in [9.17, 15) is 23.1 Å². The average molecular weight is 466 g/mol. The SMILES string of the molecule is CC(C)(C)OC(=O)N1CC[C@H](O)C[C@H]1C[C@@H](Oc1ccc(C(F)(F)F)cc1)c1ccccc1. The van der Waals surface area contributed by atoms with Gasteiger partial charge >= 0.3 is 12.3 Å². The highest BCUT2D eigenvalue weighted by Crippen LogP contribution is 2.34. The molecule has 1 saturated heterocycles. The molecule has 0 aromatic heterocycles. The Kier molecular flexibility index (Phi) is 7.57. The summed E-state index contributed by atoms with van der Waals surface area (Å²) >= 11 is 0. The van der Waals surface area contributed by atoms with Crippen molar-refractivity contribution < 1.29 is 32.5 Å². The van der Waals surface area contributed by atoms with Crippen molar-refractivity contribution >= 4 is 6.09 Å². The fourth-order valence-electron chi connectivity index (χ4n) is 3.87. The van der Waals surface area contributed by atoms with E-state index in [1.165, 1.54) is 12.1 Å². The summed E-state index contributed by atoms with van der Waals surface area (Å²) in [6.07, 6.45) is -4.82. The first kappa shape index (κ1) is 24.9. The lowest BCUT2D eigenvalue weighted by Gasteiger charge is -2.40. The molecule has 1 aliphatic rings. The molecule has 0 bridgehead atoms. The van der Waals surface area contributed by atoms with Crippen molar-refractivity contribution in [2.75, 3.05) is 6.54 Å². The minimum Gasteiger partial charge on any atom is -0.486 e. The van der Waals surface area contributed by atoms with E-state index >= 15 is 0 Å². The van der Waals surface area contributed by atoms with E-state index in [4.69, 9.17) is 9.47 Å². The van der Waals surface area contributed by atoms with Crippen LogP contribution in [0.1, 0.15) is 57.3 Å². The molecule has 1 heterocycles. The van der Waals surface area contributed by atoms with E-state index in [2.05, 4.69) is 0 Å². The van der Waals surface area contributed by atoms with E-state index in [1.54, 1.807) is 25.7 Å². The van der Waals surface area contributed by atoms with Crippen molar-refractivity contribution in [2.24, 2.45) is 0 Å². The smallest absolute Gasteiger partial charge is 0.416 e. The number of benzene rings is 2.